The van der Waals surface area contributed by atoms with Gasteiger partial charge in [-0.2, -0.15) is 0 Å². The van der Waals surface area contributed by atoms with E-state index in [-0.39, 0.29) is 35.0 Å². The number of rotatable bonds is 10. The summed E-state index contributed by atoms with van der Waals surface area (Å²) in [7, 11) is 9.10. The number of hydrogen-bond donors (Lipinski definition) is 2. The minimum Gasteiger partial charge on any atom is -0.497 e. The van der Waals surface area contributed by atoms with Crippen molar-refractivity contribution >= 4 is 28.8 Å². The number of H-pyrrole nitrogens is 1. The lowest BCUT2D eigenvalue weighted by Gasteiger charge is -2.52. The number of benzene rings is 2. The maximum atomic E-state index is 13.5. The minimum absolute atomic E-state index is 0.0170. The van der Waals surface area contributed by atoms with E-state index in [9.17, 15) is 14.4 Å². The van der Waals surface area contributed by atoms with Crippen molar-refractivity contribution in [1.82, 2.24) is 9.88 Å². The molecule has 51 heavy (non-hydrogen) atoms. The molecule has 6 atom stereocenters. The topological polar surface area (TPSA) is 155 Å². The van der Waals surface area contributed by atoms with E-state index in [2.05, 4.69) is 29.1 Å². The van der Waals surface area contributed by atoms with Crippen LogP contribution in [0.5, 0.6) is 23.0 Å². The van der Waals surface area contributed by atoms with E-state index in [0.717, 1.165) is 37.2 Å². The molecule has 3 heterocycles. The van der Waals surface area contributed by atoms with Crippen LogP contribution in [0.1, 0.15) is 40.5 Å². The van der Waals surface area contributed by atoms with Crippen molar-refractivity contribution in [2.45, 2.75) is 37.5 Å². The van der Waals surface area contributed by atoms with Crippen LogP contribution in [0.3, 0.4) is 0 Å². The molecule has 0 radical (unpaired) electrons. The van der Waals surface area contributed by atoms with Crippen LogP contribution in [0.15, 0.2) is 55.1 Å². The van der Waals surface area contributed by atoms with E-state index >= 15 is 0 Å². The minimum atomic E-state index is -1.02. The highest BCUT2D eigenvalue weighted by Crippen LogP contribution is 2.51. The zero-order valence-corrected chi connectivity index (χ0v) is 29.9. The third-order valence-corrected chi connectivity index (χ3v) is 10.3. The molecule has 0 unspecified atom stereocenters. The van der Waals surface area contributed by atoms with E-state index in [0.29, 0.717) is 23.7 Å². The Morgan fingerprint density at radius 2 is 1.67 bits per heavy atom. The average molecular weight is 707 g/mol. The van der Waals surface area contributed by atoms with Crippen LogP contribution in [-0.4, -0.2) is 101 Å². The third-order valence-electron chi connectivity index (χ3n) is 10.3. The molecule has 2 fully saturated rings. The standard InChI is InChI=1S/C33H40N2O9.C5H6O2/c1-38-19-7-8-20-21-9-10-35-16-18-13-27(44-32(36)17-11-25(39-2)30(41-4)26(12-17)40-3)31(42-5)28(33(37)43-6)22(18)15-24(35)29(21)34-23(20)14-19;1-3-4(2)5(6)7/h7-8,11-12,14,18,22,24,27-28,31,34H,9-10,13,15-16H2,1-6H3;3H,1-2H2,(H,6,7)/t18-,22+,24-,27-,28+,31+;/m1./s1. The van der Waals surface area contributed by atoms with Gasteiger partial charge in [0, 0.05) is 42.9 Å². The summed E-state index contributed by atoms with van der Waals surface area (Å²) >= 11 is 0. The number of carboxylic acid groups (broad SMARTS) is 1. The van der Waals surface area contributed by atoms with Gasteiger partial charge in [0.1, 0.15) is 18.0 Å². The van der Waals surface area contributed by atoms with Gasteiger partial charge in [-0.25, -0.2) is 9.59 Å². The number of methoxy groups -OCH3 is 6. The fourth-order valence-electron chi connectivity index (χ4n) is 7.85. The molecule has 2 aromatic carbocycles. The summed E-state index contributed by atoms with van der Waals surface area (Å²) < 4.78 is 39.1. The van der Waals surface area contributed by atoms with Crippen molar-refractivity contribution in [3.63, 3.8) is 0 Å². The van der Waals surface area contributed by atoms with Crippen LogP contribution in [0, 0.1) is 17.8 Å². The Bertz CT molecular complexity index is 1770. The quantitative estimate of drug-likeness (QED) is 0.166. The van der Waals surface area contributed by atoms with E-state index in [4.69, 9.17) is 38.3 Å². The Kier molecular flexibility index (Phi) is 11.6. The summed E-state index contributed by atoms with van der Waals surface area (Å²) in [6.45, 7) is 8.04. The van der Waals surface area contributed by atoms with Crippen LogP contribution in [0.4, 0.5) is 0 Å². The van der Waals surface area contributed by atoms with Gasteiger partial charge < -0.3 is 43.2 Å². The predicted octanol–water partition coefficient (Wildman–Crippen LogP) is 4.98. The first kappa shape index (κ1) is 37.3. The maximum absolute atomic E-state index is 13.5. The summed E-state index contributed by atoms with van der Waals surface area (Å²) in [5.41, 5.74) is 3.86. The highest BCUT2D eigenvalue weighted by molar-refractivity contribution is 5.91. The van der Waals surface area contributed by atoms with Gasteiger partial charge in [-0.15, -0.1) is 0 Å². The molecule has 13 nitrogen and oxygen atoms in total. The monoisotopic (exact) mass is 706 g/mol. The summed E-state index contributed by atoms with van der Waals surface area (Å²) in [4.78, 5) is 42.9. The van der Waals surface area contributed by atoms with Gasteiger partial charge in [0.25, 0.3) is 0 Å². The Labute approximate surface area is 297 Å². The maximum Gasteiger partial charge on any atom is 0.338 e. The molecule has 1 aromatic heterocycles. The van der Waals surface area contributed by atoms with Gasteiger partial charge >= 0.3 is 17.9 Å². The molecular weight excluding hydrogens is 660 g/mol. The fourth-order valence-corrected chi connectivity index (χ4v) is 7.85. The van der Waals surface area contributed by atoms with Crippen LogP contribution in [0.25, 0.3) is 10.9 Å². The molecule has 0 bridgehead atoms. The van der Waals surface area contributed by atoms with Gasteiger partial charge in [-0.05, 0) is 60.9 Å². The summed E-state index contributed by atoms with van der Waals surface area (Å²) in [5, 5.41) is 9.22. The Morgan fingerprint density at radius 1 is 0.961 bits per heavy atom. The summed E-state index contributed by atoms with van der Waals surface area (Å²) in [6.07, 6.45) is 2.12. The van der Waals surface area contributed by atoms with Crippen LogP contribution in [0.2, 0.25) is 0 Å². The highest BCUT2D eigenvalue weighted by atomic mass is 16.6. The number of carboxylic acids is 1. The molecule has 2 aliphatic heterocycles. The second-order valence-electron chi connectivity index (χ2n) is 12.7. The van der Waals surface area contributed by atoms with Gasteiger partial charge in [0.2, 0.25) is 5.75 Å². The Hall–Kier alpha value is -5.01. The predicted molar refractivity (Wildman–Crippen MR) is 188 cm³/mol. The lowest BCUT2D eigenvalue weighted by Crippen LogP contribution is -2.58. The number of esters is 2. The first-order valence-electron chi connectivity index (χ1n) is 16.6. The normalized spacial score (nSPS) is 23.6. The molecule has 13 heteroatoms. The van der Waals surface area contributed by atoms with E-state index < -0.39 is 30.1 Å². The average Bonchev–Trinajstić information content (AvgIpc) is 3.53. The number of carbonyl (C=O) groups excluding carboxylic acids is 2. The van der Waals surface area contributed by atoms with E-state index in [1.54, 1.807) is 26.4 Å². The molecule has 1 saturated heterocycles. The van der Waals surface area contributed by atoms with Gasteiger partial charge in [0.15, 0.2) is 11.5 Å². The number of aromatic amines is 1. The molecule has 3 aliphatic rings. The Morgan fingerprint density at radius 3 is 2.22 bits per heavy atom. The smallest absolute Gasteiger partial charge is 0.338 e. The molecule has 274 valence electrons. The SMILES string of the molecule is C=CC(=C)C(=O)O.COC(=O)[C@H]1[C@H]2C[C@@H]3c4[nH]c5cc(OC)ccc5c4CCN3C[C@H]2C[C@@H](OC(=O)c2cc(OC)c(OC)c(OC)c2)[C@@H]1OC. The third kappa shape index (κ3) is 7.26. The fraction of sp³-hybridized carbons (Fsp3) is 0.447. The Balaban J connectivity index is 0.000000654. The van der Waals surface area contributed by atoms with Crippen molar-refractivity contribution in [3.8, 4) is 23.0 Å². The molecule has 3 aromatic rings. The van der Waals surface area contributed by atoms with Crippen LogP contribution < -0.4 is 18.9 Å². The molecule has 6 rings (SSSR count). The molecule has 0 spiro atoms. The second-order valence-corrected chi connectivity index (χ2v) is 12.7. The molecular formula is C38H46N2O11. The number of carbonyl (C=O) groups is 3. The number of nitrogens with one attached hydrogen (secondary N) is 1. The number of aliphatic carboxylic acids is 1. The summed E-state index contributed by atoms with van der Waals surface area (Å²) in [6, 6.07) is 9.40. The van der Waals surface area contributed by atoms with Crippen LogP contribution in [-0.2, 0) is 30.2 Å². The molecule has 1 aliphatic carbocycles. The van der Waals surface area contributed by atoms with Crippen LogP contribution >= 0.6 is 0 Å². The number of aromatic nitrogens is 1. The van der Waals surface area contributed by atoms with Crippen molar-refractivity contribution in [2.24, 2.45) is 17.8 Å². The first-order chi connectivity index (χ1) is 24.5. The highest BCUT2D eigenvalue weighted by Gasteiger charge is 2.54. The zero-order chi connectivity index (χ0) is 37.0. The number of nitrogens with zero attached hydrogens (tertiary/aromatic N) is 1. The lowest BCUT2D eigenvalue weighted by atomic mass is 9.63. The zero-order valence-electron chi connectivity index (χ0n) is 29.9. The molecule has 2 N–H and O–H groups in total. The number of ether oxygens (including phenoxy) is 7. The van der Waals surface area contributed by atoms with E-state index in [1.807, 2.05) is 12.1 Å². The number of piperidine rings is 1. The molecule has 1 saturated carbocycles. The molecule has 0 amide bonds. The van der Waals surface area contributed by atoms with Gasteiger partial charge in [0.05, 0.1) is 58.6 Å². The van der Waals surface area contributed by atoms with Crippen molar-refractivity contribution < 1.29 is 52.6 Å². The first-order valence-corrected chi connectivity index (χ1v) is 16.6. The van der Waals surface area contributed by atoms with E-state index in [1.165, 1.54) is 51.2 Å². The van der Waals surface area contributed by atoms with Crippen molar-refractivity contribution in [1.29, 1.82) is 0 Å². The summed E-state index contributed by atoms with van der Waals surface area (Å²) in [5.74, 6) is -0.578. The largest absolute Gasteiger partial charge is 0.497 e. The second kappa shape index (κ2) is 15.9. The van der Waals surface area contributed by atoms with Gasteiger partial charge in [-0.1, -0.05) is 19.2 Å². The lowest BCUT2D eigenvalue weighted by molar-refractivity contribution is -0.176. The number of hydrogen-bond acceptors (Lipinski definition) is 11. The van der Waals surface area contributed by atoms with Gasteiger partial charge in [-0.3, -0.25) is 9.69 Å². The number of fused-ring (bicyclic) bond motifs is 6. The van der Waals surface area contributed by atoms with Crippen molar-refractivity contribution in [3.05, 3.63) is 72.0 Å². The van der Waals surface area contributed by atoms with Crippen molar-refractivity contribution in [2.75, 3.05) is 55.7 Å².